The van der Waals surface area contributed by atoms with Gasteiger partial charge in [-0.25, -0.2) is 0 Å². The topological polar surface area (TPSA) is 30.5 Å². The molecule has 118 valence electrons. The van der Waals surface area contributed by atoms with Crippen molar-refractivity contribution in [2.75, 3.05) is 20.8 Å². The maximum Gasteiger partial charge on any atom is 0.161 e. The minimum Gasteiger partial charge on any atom is -0.493 e. The molecule has 0 radical (unpaired) electrons. The summed E-state index contributed by atoms with van der Waals surface area (Å²) in [4.78, 5) is 0. The zero-order valence-electron chi connectivity index (χ0n) is 13.8. The van der Waals surface area contributed by atoms with Crippen molar-refractivity contribution < 1.29 is 9.47 Å². The first kappa shape index (κ1) is 16.2. The van der Waals surface area contributed by atoms with Crippen molar-refractivity contribution in [3.8, 4) is 11.5 Å². The van der Waals surface area contributed by atoms with Gasteiger partial charge in [-0.1, -0.05) is 32.3 Å². The minimum atomic E-state index is 0.332. The lowest BCUT2D eigenvalue weighted by Gasteiger charge is -2.30. The van der Waals surface area contributed by atoms with E-state index in [1.54, 1.807) is 14.2 Å². The molecule has 1 aliphatic carbocycles. The number of benzene rings is 1. The van der Waals surface area contributed by atoms with Gasteiger partial charge in [0.1, 0.15) is 0 Å². The number of hydrogen-bond acceptors (Lipinski definition) is 3. The molecule has 0 amide bonds. The van der Waals surface area contributed by atoms with Crippen LogP contribution in [0, 0.1) is 11.8 Å². The Kier molecular flexibility index (Phi) is 5.92. The average Bonchev–Trinajstić information content (AvgIpc) is 2.53. The Morgan fingerprint density at radius 1 is 1.14 bits per heavy atom. The summed E-state index contributed by atoms with van der Waals surface area (Å²) < 4.78 is 10.7. The van der Waals surface area contributed by atoms with Gasteiger partial charge in [0.05, 0.1) is 14.2 Å². The van der Waals surface area contributed by atoms with Gasteiger partial charge >= 0.3 is 0 Å². The van der Waals surface area contributed by atoms with E-state index in [1.165, 1.54) is 31.2 Å². The van der Waals surface area contributed by atoms with E-state index < -0.39 is 0 Å². The van der Waals surface area contributed by atoms with Crippen LogP contribution in [0.25, 0.3) is 0 Å². The van der Waals surface area contributed by atoms with Crippen molar-refractivity contribution in [3.05, 3.63) is 23.8 Å². The number of methoxy groups -OCH3 is 2. The fraction of sp³-hybridized carbons (Fsp3) is 0.667. The van der Waals surface area contributed by atoms with E-state index in [0.717, 1.165) is 29.9 Å². The van der Waals surface area contributed by atoms with Crippen molar-refractivity contribution in [2.45, 2.75) is 45.6 Å². The summed E-state index contributed by atoms with van der Waals surface area (Å²) in [6.45, 7) is 5.72. The van der Waals surface area contributed by atoms with Crippen molar-refractivity contribution in [1.29, 1.82) is 0 Å². The summed E-state index contributed by atoms with van der Waals surface area (Å²) in [6.07, 6.45) is 5.55. The van der Waals surface area contributed by atoms with E-state index in [2.05, 4.69) is 31.3 Å². The Hall–Kier alpha value is -1.22. The Morgan fingerprint density at radius 2 is 1.86 bits per heavy atom. The second-order valence-corrected chi connectivity index (χ2v) is 6.27. The number of nitrogens with one attached hydrogen (secondary N) is 1. The highest BCUT2D eigenvalue weighted by molar-refractivity contribution is 5.43. The van der Waals surface area contributed by atoms with E-state index in [4.69, 9.17) is 9.47 Å². The van der Waals surface area contributed by atoms with Gasteiger partial charge in [0.15, 0.2) is 11.5 Å². The third-order valence-electron chi connectivity index (χ3n) is 4.88. The second kappa shape index (κ2) is 7.69. The van der Waals surface area contributed by atoms with Crippen LogP contribution in [-0.4, -0.2) is 20.8 Å². The fourth-order valence-corrected chi connectivity index (χ4v) is 3.26. The smallest absolute Gasteiger partial charge is 0.161 e. The summed E-state index contributed by atoms with van der Waals surface area (Å²) >= 11 is 0. The predicted molar refractivity (Wildman–Crippen MR) is 87.1 cm³/mol. The van der Waals surface area contributed by atoms with Gasteiger partial charge in [0.25, 0.3) is 0 Å². The van der Waals surface area contributed by atoms with Crippen molar-refractivity contribution in [2.24, 2.45) is 11.8 Å². The van der Waals surface area contributed by atoms with Gasteiger partial charge in [0.2, 0.25) is 0 Å². The molecule has 0 bridgehead atoms. The lowest BCUT2D eigenvalue weighted by atomic mass is 9.80. The highest BCUT2D eigenvalue weighted by Gasteiger charge is 2.21. The van der Waals surface area contributed by atoms with Crippen LogP contribution >= 0.6 is 0 Å². The number of rotatable bonds is 6. The molecular formula is C18H29NO2. The summed E-state index contributed by atoms with van der Waals surface area (Å²) in [5.41, 5.74) is 1.25. The summed E-state index contributed by atoms with van der Waals surface area (Å²) in [5.74, 6) is 3.26. The van der Waals surface area contributed by atoms with Crippen LogP contribution in [0.5, 0.6) is 11.5 Å². The predicted octanol–water partition coefficient (Wildman–Crippen LogP) is 4.18. The molecule has 1 aromatic rings. The Balaban J connectivity index is 1.95. The molecule has 1 aliphatic rings. The molecule has 2 rings (SSSR count). The summed E-state index contributed by atoms with van der Waals surface area (Å²) in [6, 6.07) is 6.50. The van der Waals surface area contributed by atoms with Gasteiger partial charge in [-0.3, -0.25) is 0 Å². The summed E-state index contributed by atoms with van der Waals surface area (Å²) in [7, 11) is 3.35. The molecule has 1 aromatic carbocycles. The maximum atomic E-state index is 5.39. The van der Waals surface area contributed by atoms with Crippen LogP contribution in [0.4, 0.5) is 0 Å². The highest BCUT2D eigenvalue weighted by Crippen LogP contribution is 2.31. The van der Waals surface area contributed by atoms with Crippen molar-refractivity contribution >= 4 is 0 Å². The SMILES string of the molecule is COc1ccc(C(C)NCC2CCCCC2C)cc1OC. The molecule has 3 nitrogen and oxygen atoms in total. The molecule has 1 fully saturated rings. The van der Waals surface area contributed by atoms with Crippen LogP contribution < -0.4 is 14.8 Å². The molecule has 3 unspecified atom stereocenters. The first-order chi connectivity index (χ1) is 10.2. The third-order valence-corrected chi connectivity index (χ3v) is 4.88. The van der Waals surface area contributed by atoms with E-state index >= 15 is 0 Å². The molecule has 21 heavy (non-hydrogen) atoms. The molecule has 3 heteroatoms. The van der Waals surface area contributed by atoms with E-state index in [0.29, 0.717) is 6.04 Å². The minimum absolute atomic E-state index is 0.332. The molecule has 0 spiro atoms. The molecule has 1 N–H and O–H groups in total. The van der Waals surface area contributed by atoms with Gasteiger partial charge in [-0.2, -0.15) is 0 Å². The van der Waals surface area contributed by atoms with E-state index in [9.17, 15) is 0 Å². The van der Waals surface area contributed by atoms with Crippen LogP contribution in [0.15, 0.2) is 18.2 Å². The largest absolute Gasteiger partial charge is 0.493 e. The van der Waals surface area contributed by atoms with Gasteiger partial charge in [-0.15, -0.1) is 0 Å². The first-order valence-electron chi connectivity index (χ1n) is 8.11. The van der Waals surface area contributed by atoms with Crippen LogP contribution in [0.3, 0.4) is 0 Å². The zero-order chi connectivity index (χ0) is 15.2. The van der Waals surface area contributed by atoms with Crippen molar-refractivity contribution in [3.63, 3.8) is 0 Å². The average molecular weight is 291 g/mol. The highest BCUT2D eigenvalue weighted by atomic mass is 16.5. The molecule has 0 heterocycles. The standard InChI is InChI=1S/C18H29NO2/c1-13-7-5-6-8-16(13)12-19-14(2)15-9-10-17(20-3)18(11-15)21-4/h9-11,13-14,16,19H,5-8,12H2,1-4H3. The quantitative estimate of drug-likeness (QED) is 0.853. The molecule has 0 aliphatic heterocycles. The Labute approximate surface area is 129 Å². The van der Waals surface area contributed by atoms with Gasteiger partial charge in [0, 0.05) is 6.04 Å². The lowest BCUT2D eigenvalue weighted by Crippen LogP contribution is -2.31. The molecule has 0 saturated heterocycles. The molecular weight excluding hydrogens is 262 g/mol. The Morgan fingerprint density at radius 3 is 2.52 bits per heavy atom. The van der Waals surface area contributed by atoms with Crippen LogP contribution in [-0.2, 0) is 0 Å². The third kappa shape index (κ3) is 4.13. The number of ether oxygens (including phenoxy) is 2. The molecule has 1 saturated carbocycles. The first-order valence-corrected chi connectivity index (χ1v) is 8.11. The van der Waals surface area contributed by atoms with Crippen LogP contribution in [0.2, 0.25) is 0 Å². The van der Waals surface area contributed by atoms with E-state index in [1.807, 2.05) is 6.07 Å². The van der Waals surface area contributed by atoms with E-state index in [-0.39, 0.29) is 0 Å². The van der Waals surface area contributed by atoms with Crippen LogP contribution in [0.1, 0.15) is 51.1 Å². The fourth-order valence-electron chi connectivity index (χ4n) is 3.26. The molecule has 3 atom stereocenters. The monoisotopic (exact) mass is 291 g/mol. The normalized spacial score (nSPS) is 23.6. The van der Waals surface area contributed by atoms with Crippen molar-refractivity contribution in [1.82, 2.24) is 5.32 Å². The van der Waals surface area contributed by atoms with Gasteiger partial charge < -0.3 is 14.8 Å². The molecule has 0 aromatic heterocycles. The second-order valence-electron chi connectivity index (χ2n) is 6.27. The zero-order valence-corrected chi connectivity index (χ0v) is 13.8. The maximum absolute atomic E-state index is 5.39. The van der Waals surface area contributed by atoms with Gasteiger partial charge in [-0.05, 0) is 49.4 Å². The Bertz CT molecular complexity index is 447. The number of hydrogen-bond donors (Lipinski definition) is 1. The lowest BCUT2D eigenvalue weighted by molar-refractivity contribution is 0.242. The summed E-state index contributed by atoms with van der Waals surface area (Å²) in [5, 5.41) is 3.69.